The summed E-state index contributed by atoms with van der Waals surface area (Å²) < 4.78 is 10.3. The van der Waals surface area contributed by atoms with E-state index in [2.05, 4.69) is 21.9 Å². The molecular weight excluding hydrogens is 200 g/mol. The van der Waals surface area contributed by atoms with Crippen LogP contribution in [0.25, 0.3) is 0 Å². The zero-order valence-corrected chi connectivity index (χ0v) is 8.65. The van der Waals surface area contributed by atoms with Gasteiger partial charge < -0.3 is 14.8 Å². The first kappa shape index (κ1) is 12.2. The lowest BCUT2D eigenvalue weighted by molar-refractivity contribution is 0.0188. The minimum atomic E-state index is -0.293. The summed E-state index contributed by atoms with van der Waals surface area (Å²) in [4.78, 5) is 13.0. The molecule has 2 aliphatic heterocycles. The van der Waals surface area contributed by atoms with Crippen LogP contribution in [-0.2, 0) is 9.47 Å². The van der Waals surface area contributed by atoms with E-state index in [1.807, 2.05) is 0 Å². The fourth-order valence-electron chi connectivity index (χ4n) is 1.61. The lowest BCUT2D eigenvalue weighted by Crippen LogP contribution is -2.41. The Morgan fingerprint density at radius 2 is 2.07 bits per heavy atom. The van der Waals surface area contributed by atoms with Crippen LogP contribution in [0, 0.1) is 0 Å². The fourth-order valence-corrected chi connectivity index (χ4v) is 1.61. The first-order valence-corrected chi connectivity index (χ1v) is 4.92. The molecule has 5 N–H and O–H groups in total. The number of hydrazine groups is 1. The minimum Gasteiger partial charge on any atom is -0.443 e. The van der Waals surface area contributed by atoms with Crippen molar-refractivity contribution < 1.29 is 14.3 Å². The predicted octanol–water partition coefficient (Wildman–Crippen LogP) is -1.75. The third kappa shape index (κ3) is 4.00. The Labute approximate surface area is 88.6 Å². The molecule has 0 aliphatic carbocycles. The first-order chi connectivity index (χ1) is 7.34. The number of cyclic esters (lactones) is 1. The highest BCUT2D eigenvalue weighted by atomic mass is 16.6. The number of hydrogen-bond acceptors (Lipinski definition) is 6. The van der Waals surface area contributed by atoms with Crippen molar-refractivity contribution in [2.75, 3.05) is 39.4 Å². The average molecular weight is 218 g/mol. The molecule has 15 heavy (non-hydrogen) atoms. The van der Waals surface area contributed by atoms with Crippen molar-refractivity contribution in [1.82, 2.24) is 10.2 Å². The third-order valence-corrected chi connectivity index (χ3v) is 2.31. The van der Waals surface area contributed by atoms with Crippen LogP contribution < -0.4 is 17.0 Å². The number of nitrogens with two attached hydrogens (primary N) is 2. The van der Waals surface area contributed by atoms with Crippen molar-refractivity contribution in [2.24, 2.45) is 11.7 Å². The molecule has 2 aliphatic rings. The van der Waals surface area contributed by atoms with Crippen molar-refractivity contribution in [1.29, 1.82) is 0 Å². The number of hydrogen-bond donors (Lipinski definition) is 3. The largest absolute Gasteiger partial charge is 0.443 e. The second-order valence-corrected chi connectivity index (χ2v) is 3.32. The van der Waals surface area contributed by atoms with E-state index >= 15 is 0 Å². The number of rotatable bonds is 2. The van der Waals surface area contributed by atoms with Gasteiger partial charge in [0.2, 0.25) is 0 Å². The van der Waals surface area contributed by atoms with Crippen LogP contribution in [0.5, 0.6) is 0 Å². The predicted molar refractivity (Wildman–Crippen MR) is 53.9 cm³/mol. The summed E-state index contributed by atoms with van der Waals surface area (Å²) in [5, 5.41) is 2.64. The summed E-state index contributed by atoms with van der Waals surface area (Å²) in [5.74, 6) is 8.00. The number of alkyl carbamates (subject to hydrolysis) is 1. The van der Waals surface area contributed by atoms with E-state index in [4.69, 9.17) is 9.47 Å². The fraction of sp³-hybridized carbons (Fsp3) is 0.875. The number of nitrogens with zero attached hydrogens (tertiary/aromatic N) is 1. The van der Waals surface area contributed by atoms with E-state index in [0.29, 0.717) is 6.54 Å². The summed E-state index contributed by atoms with van der Waals surface area (Å²) in [6.45, 7) is 4.91. The summed E-state index contributed by atoms with van der Waals surface area (Å²) in [6, 6.07) is 0. The van der Waals surface area contributed by atoms with Crippen molar-refractivity contribution in [2.45, 2.75) is 6.10 Å². The van der Waals surface area contributed by atoms with Gasteiger partial charge in [0.1, 0.15) is 6.10 Å². The van der Waals surface area contributed by atoms with Crippen LogP contribution in [0.15, 0.2) is 0 Å². The maximum Gasteiger partial charge on any atom is 0.407 e. The van der Waals surface area contributed by atoms with Crippen molar-refractivity contribution in [3.63, 3.8) is 0 Å². The van der Waals surface area contributed by atoms with E-state index in [1.165, 1.54) is 0 Å². The maximum absolute atomic E-state index is 10.7. The van der Waals surface area contributed by atoms with Gasteiger partial charge in [-0.15, -0.1) is 0 Å². The van der Waals surface area contributed by atoms with Crippen molar-refractivity contribution >= 4 is 6.09 Å². The Kier molecular flexibility index (Phi) is 5.33. The van der Waals surface area contributed by atoms with Gasteiger partial charge in [-0.05, 0) is 0 Å². The second-order valence-electron chi connectivity index (χ2n) is 3.32. The lowest BCUT2D eigenvalue weighted by atomic mass is 10.3. The molecule has 0 aromatic rings. The summed E-state index contributed by atoms with van der Waals surface area (Å²) in [5.41, 5.74) is 0. The number of morpholine rings is 1. The molecule has 2 fully saturated rings. The molecule has 1 atom stereocenters. The molecule has 1 amide bonds. The SMILES string of the molecule is NN.O=C1NCC(CN2CCOCC2)O1. The second kappa shape index (κ2) is 6.57. The van der Waals surface area contributed by atoms with Gasteiger partial charge in [-0.25, -0.2) is 4.79 Å². The molecule has 2 rings (SSSR count). The molecule has 2 heterocycles. The summed E-state index contributed by atoms with van der Waals surface area (Å²) in [7, 11) is 0. The highest BCUT2D eigenvalue weighted by Gasteiger charge is 2.25. The van der Waals surface area contributed by atoms with Crippen LogP contribution in [0.3, 0.4) is 0 Å². The Hall–Kier alpha value is -0.890. The molecule has 0 aromatic carbocycles. The van der Waals surface area contributed by atoms with E-state index in [-0.39, 0.29) is 12.2 Å². The maximum atomic E-state index is 10.7. The zero-order valence-electron chi connectivity index (χ0n) is 8.65. The van der Waals surface area contributed by atoms with Gasteiger partial charge in [-0.3, -0.25) is 16.6 Å². The number of carbonyl (C=O) groups is 1. The van der Waals surface area contributed by atoms with Gasteiger partial charge in [0.05, 0.1) is 19.8 Å². The Morgan fingerprint density at radius 1 is 1.40 bits per heavy atom. The van der Waals surface area contributed by atoms with Gasteiger partial charge in [0.15, 0.2) is 0 Å². The average Bonchev–Trinajstić information content (AvgIpc) is 2.68. The number of carbonyl (C=O) groups excluding carboxylic acids is 1. The van der Waals surface area contributed by atoms with Gasteiger partial charge in [0.25, 0.3) is 0 Å². The number of amides is 1. The van der Waals surface area contributed by atoms with Crippen molar-refractivity contribution in [3.05, 3.63) is 0 Å². The van der Waals surface area contributed by atoms with E-state index in [9.17, 15) is 4.79 Å². The van der Waals surface area contributed by atoms with Crippen molar-refractivity contribution in [3.8, 4) is 0 Å². The van der Waals surface area contributed by atoms with Crippen LogP contribution >= 0.6 is 0 Å². The molecule has 0 radical (unpaired) electrons. The molecule has 0 spiro atoms. The molecule has 0 bridgehead atoms. The molecule has 88 valence electrons. The minimum absolute atomic E-state index is 0.0191. The van der Waals surface area contributed by atoms with Crippen LogP contribution in [0.4, 0.5) is 4.79 Å². The third-order valence-electron chi connectivity index (χ3n) is 2.31. The Balaban J connectivity index is 0.000000531. The van der Waals surface area contributed by atoms with Gasteiger partial charge >= 0.3 is 6.09 Å². The number of nitrogens with one attached hydrogen (secondary N) is 1. The monoisotopic (exact) mass is 218 g/mol. The van der Waals surface area contributed by atoms with Crippen LogP contribution in [0.2, 0.25) is 0 Å². The Bertz CT molecular complexity index is 196. The summed E-state index contributed by atoms with van der Waals surface area (Å²) >= 11 is 0. The molecule has 7 nitrogen and oxygen atoms in total. The van der Waals surface area contributed by atoms with E-state index in [0.717, 1.165) is 32.8 Å². The smallest absolute Gasteiger partial charge is 0.407 e. The van der Waals surface area contributed by atoms with Crippen LogP contribution in [-0.4, -0.2) is 56.5 Å². The van der Waals surface area contributed by atoms with Gasteiger partial charge in [-0.2, -0.15) is 0 Å². The molecular formula is C8H18N4O3. The topological polar surface area (TPSA) is 103 Å². The van der Waals surface area contributed by atoms with Gasteiger partial charge in [0, 0.05) is 19.6 Å². The standard InChI is InChI=1S/C8H14N2O3.H4N2/c11-8-9-5-7(13-8)6-10-1-3-12-4-2-10;1-2/h7H,1-6H2,(H,9,11);1-2H2. The molecule has 1 unspecified atom stereocenters. The summed E-state index contributed by atoms with van der Waals surface area (Å²) in [6.07, 6.45) is -0.274. The Morgan fingerprint density at radius 3 is 2.60 bits per heavy atom. The highest BCUT2D eigenvalue weighted by Crippen LogP contribution is 2.04. The van der Waals surface area contributed by atoms with E-state index in [1.54, 1.807) is 0 Å². The van der Waals surface area contributed by atoms with Gasteiger partial charge in [-0.1, -0.05) is 0 Å². The number of ether oxygens (including phenoxy) is 2. The van der Waals surface area contributed by atoms with Crippen LogP contribution in [0.1, 0.15) is 0 Å². The quantitative estimate of drug-likeness (QED) is 0.375. The normalized spacial score (nSPS) is 26.3. The zero-order chi connectivity index (χ0) is 11.1. The molecule has 7 heteroatoms. The lowest BCUT2D eigenvalue weighted by Gasteiger charge is -2.27. The molecule has 0 saturated carbocycles. The van der Waals surface area contributed by atoms with E-state index < -0.39 is 0 Å². The molecule has 2 saturated heterocycles. The first-order valence-electron chi connectivity index (χ1n) is 4.92. The highest BCUT2D eigenvalue weighted by molar-refractivity contribution is 5.69. The molecule has 0 aromatic heterocycles.